The fourth-order valence-corrected chi connectivity index (χ4v) is 3.57. The number of benzene rings is 2. The summed E-state index contributed by atoms with van der Waals surface area (Å²) in [6.07, 6.45) is 4.35. The van der Waals surface area contributed by atoms with E-state index in [0.29, 0.717) is 35.0 Å². The smallest absolute Gasteiger partial charge is 0.230 e. The molecule has 1 aromatic heterocycles. The van der Waals surface area contributed by atoms with E-state index in [9.17, 15) is 12.8 Å². The van der Waals surface area contributed by atoms with Gasteiger partial charge >= 0.3 is 0 Å². The molecule has 0 amide bonds. The number of nitrogens with one attached hydrogen (secondary N) is 1. The highest BCUT2D eigenvalue weighted by molar-refractivity contribution is 7.89. The van der Waals surface area contributed by atoms with Crippen LogP contribution in [0.4, 0.5) is 16.0 Å². The summed E-state index contributed by atoms with van der Waals surface area (Å²) >= 11 is 0. The Hall–Kier alpha value is -3.07. The topological polar surface area (TPSA) is 94.1 Å². The minimum Gasteiger partial charge on any atom is -0.493 e. The lowest BCUT2D eigenvalue weighted by molar-refractivity contribution is 0.309. The van der Waals surface area contributed by atoms with Crippen LogP contribution in [-0.2, 0) is 15.6 Å². The van der Waals surface area contributed by atoms with Gasteiger partial charge < -0.3 is 10.1 Å². The second-order valence-corrected chi connectivity index (χ2v) is 9.01. The first kappa shape index (κ1) is 21.6. The highest BCUT2D eigenvalue weighted by Gasteiger charge is 2.13. The summed E-state index contributed by atoms with van der Waals surface area (Å²) in [4.78, 5) is 12.7. The molecule has 0 fully saturated rings. The first-order valence-electron chi connectivity index (χ1n) is 9.49. The highest BCUT2D eigenvalue weighted by Crippen LogP contribution is 2.29. The largest absolute Gasteiger partial charge is 0.493 e. The summed E-state index contributed by atoms with van der Waals surface area (Å²) in [6.45, 7) is 2.51. The van der Waals surface area contributed by atoms with E-state index in [1.165, 1.54) is 24.7 Å². The van der Waals surface area contributed by atoms with Gasteiger partial charge in [-0.05, 0) is 36.2 Å². The summed E-state index contributed by atoms with van der Waals surface area (Å²) in [5.41, 5.74) is 1.86. The van der Waals surface area contributed by atoms with Gasteiger partial charge in [-0.2, -0.15) is 4.98 Å². The van der Waals surface area contributed by atoms with Gasteiger partial charge in [0.1, 0.15) is 17.9 Å². The van der Waals surface area contributed by atoms with Crippen molar-refractivity contribution in [1.82, 2.24) is 15.0 Å². The number of hydrogen-bond acceptors (Lipinski definition) is 7. The van der Waals surface area contributed by atoms with Crippen molar-refractivity contribution in [3.05, 3.63) is 60.2 Å². The number of rotatable bonds is 9. The fraction of sp³-hybridized carbons (Fsp3) is 0.286. The van der Waals surface area contributed by atoms with E-state index in [2.05, 4.69) is 20.3 Å². The van der Waals surface area contributed by atoms with Crippen LogP contribution in [0.1, 0.15) is 25.3 Å². The van der Waals surface area contributed by atoms with E-state index in [4.69, 9.17) is 4.74 Å². The molecule has 30 heavy (non-hydrogen) atoms. The third-order valence-electron chi connectivity index (χ3n) is 4.12. The Labute approximate surface area is 175 Å². The average Bonchev–Trinajstić information content (AvgIpc) is 2.67. The molecule has 0 spiro atoms. The van der Waals surface area contributed by atoms with Crippen molar-refractivity contribution in [3.63, 3.8) is 0 Å². The number of ether oxygens (including phenoxy) is 1. The normalized spacial score (nSPS) is 11.3. The molecule has 0 bridgehead atoms. The fourth-order valence-electron chi connectivity index (χ4n) is 2.78. The minimum atomic E-state index is -3.14. The molecule has 7 nitrogen and oxygen atoms in total. The van der Waals surface area contributed by atoms with E-state index in [1.807, 2.05) is 6.92 Å². The van der Waals surface area contributed by atoms with Gasteiger partial charge in [0.2, 0.25) is 5.95 Å². The molecule has 0 saturated carbocycles. The van der Waals surface area contributed by atoms with Gasteiger partial charge in [-0.25, -0.2) is 22.8 Å². The summed E-state index contributed by atoms with van der Waals surface area (Å²) < 4.78 is 42.5. The molecule has 0 aliphatic heterocycles. The van der Waals surface area contributed by atoms with E-state index in [0.717, 1.165) is 12.8 Å². The van der Waals surface area contributed by atoms with Crippen LogP contribution in [0.25, 0.3) is 11.4 Å². The predicted molar refractivity (Wildman–Crippen MR) is 114 cm³/mol. The maximum Gasteiger partial charge on any atom is 0.230 e. The zero-order chi connectivity index (χ0) is 21.6. The van der Waals surface area contributed by atoms with Crippen molar-refractivity contribution in [2.45, 2.75) is 25.5 Å². The van der Waals surface area contributed by atoms with Crippen LogP contribution in [0, 0.1) is 5.82 Å². The molecule has 0 aliphatic rings. The Kier molecular flexibility index (Phi) is 6.94. The van der Waals surface area contributed by atoms with Crippen LogP contribution >= 0.6 is 0 Å². The van der Waals surface area contributed by atoms with E-state index >= 15 is 0 Å². The average molecular weight is 431 g/mol. The first-order chi connectivity index (χ1) is 14.3. The van der Waals surface area contributed by atoms with Crippen LogP contribution in [0.15, 0.2) is 48.8 Å². The van der Waals surface area contributed by atoms with E-state index in [-0.39, 0.29) is 11.7 Å². The van der Waals surface area contributed by atoms with E-state index < -0.39 is 15.7 Å². The Balaban J connectivity index is 1.85. The van der Waals surface area contributed by atoms with Gasteiger partial charge in [-0.1, -0.05) is 25.5 Å². The predicted octanol–water partition coefficient (Wildman–Crippen LogP) is 4.14. The summed E-state index contributed by atoms with van der Waals surface area (Å²) in [7, 11) is -3.14. The second-order valence-electron chi connectivity index (χ2n) is 6.87. The third kappa shape index (κ3) is 6.21. The first-order valence-corrected chi connectivity index (χ1v) is 11.6. The van der Waals surface area contributed by atoms with Gasteiger partial charge in [-0.3, -0.25) is 0 Å². The van der Waals surface area contributed by atoms with Crippen LogP contribution in [-0.4, -0.2) is 36.2 Å². The van der Waals surface area contributed by atoms with Crippen LogP contribution in [0.5, 0.6) is 5.75 Å². The van der Waals surface area contributed by atoms with Crippen molar-refractivity contribution < 1.29 is 17.5 Å². The Bertz CT molecular complexity index is 1120. The van der Waals surface area contributed by atoms with Crippen molar-refractivity contribution >= 4 is 21.5 Å². The third-order valence-corrected chi connectivity index (χ3v) is 4.98. The molecule has 2 aromatic carbocycles. The van der Waals surface area contributed by atoms with E-state index in [1.54, 1.807) is 30.3 Å². The standard InChI is InChI=1S/C21H23FN4O3S/c1-3-4-10-29-19-12-16(22)8-9-18(19)20-23-14-24-21(26-20)25-17-7-5-6-15(11-17)13-30(2,27)28/h5-9,11-12,14H,3-4,10,13H2,1-2H3,(H,23,24,25,26). The molecule has 0 unspecified atom stereocenters. The van der Waals surface area contributed by atoms with Gasteiger partial charge in [0.05, 0.1) is 17.9 Å². The van der Waals surface area contributed by atoms with Gasteiger partial charge in [0, 0.05) is 18.0 Å². The summed E-state index contributed by atoms with van der Waals surface area (Å²) in [5, 5.41) is 3.05. The Morgan fingerprint density at radius 2 is 1.97 bits per heavy atom. The highest BCUT2D eigenvalue weighted by atomic mass is 32.2. The maximum atomic E-state index is 13.7. The number of hydrogen-bond donors (Lipinski definition) is 1. The molecule has 1 N–H and O–H groups in total. The lowest BCUT2D eigenvalue weighted by Crippen LogP contribution is -2.04. The summed E-state index contributed by atoms with van der Waals surface area (Å²) in [5.74, 6) is 0.529. The molecule has 3 aromatic rings. The Morgan fingerprint density at radius 3 is 2.73 bits per heavy atom. The van der Waals surface area contributed by atoms with Crippen LogP contribution < -0.4 is 10.1 Å². The molecular weight excluding hydrogens is 407 g/mol. The van der Waals surface area contributed by atoms with Crippen molar-refractivity contribution in [3.8, 4) is 17.1 Å². The molecule has 3 rings (SSSR count). The second kappa shape index (κ2) is 9.62. The summed E-state index contributed by atoms with van der Waals surface area (Å²) in [6, 6.07) is 11.2. The number of halogens is 1. The van der Waals surface area contributed by atoms with Crippen molar-refractivity contribution in [2.75, 3.05) is 18.2 Å². The van der Waals surface area contributed by atoms with Gasteiger partial charge in [0.25, 0.3) is 0 Å². The molecule has 0 aliphatic carbocycles. The molecule has 0 atom stereocenters. The Morgan fingerprint density at radius 1 is 1.13 bits per heavy atom. The molecule has 1 heterocycles. The zero-order valence-corrected chi connectivity index (χ0v) is 17.6. The lowest BCUT2D eigenvalue weighted by atomic mass is 10.2. The lowest BCUT2D eigenvalue weighted by Gasteiger charge is -2.11. The molecule has 0 saturated heterocycles. The number of anilines is 2. The van der Waals surface area contributed by atoms with Crippen molar-refractivity contribution in [1.29, 1.82) is 0 Å². The number of unbranched alkanes of at least 4 members (excludes halogenated alkanes) is 1. The van der Waals surface area contributed by atoms with Gasteiger partial charge in [0.15, 0.2) is 15.7 Å². The van der Waals surface area contributed by atoms with Crippen LogP contribution in [0.2, 0.25) is 0 Å². The number of aromatic nitrogens is 3. The van der Waals surface area contributed by atoms with Gasteiger partial charge in [-0.15, -0.1) is 0 Å². The van der Waals surface area contributed by atoms with Crippen molar-refractivity contribution in [2.24, 2.45) is 0 Å². The molecule has 9 heteroatoms. The SMILES string of the molecule is CCCCOc1cc(F)ccc1-c1ncnc(Nc2cccc(CS(C)(=O)=O)c2)n1. The number of sulfone groups is 1. The molecule has 158 valence electrons. The maximum absolute atomic E-state index is 13.7. The minimum absolute atomic E-state index is 0.0565. The molecule has 0 radical (unpaired) electrons. The monoisotopic (exact) mass is 430 g/mol. The molecular formula is C21H23FN4O3S. The quantitative estimate of drug-likeness (QED) is 0.510. The van der Waals surface area contributed by atoms with Crippen LogP contribution in [0.3, 0.4) is 0 Å². The zero-order valence-electron chi connectivity index (χ0n) is 16.8. The number of nitrogens with zero attached hydrogens (tertiary/aromatic N) is 3.